The molecule has 8 heteroatoms. The molecule has 0 spiro atoms. The first-order valence-electron chi connectivity index (χ1n) is 10.7. The van der Waals surface area contributed by atoms with Crippen LogP contribution in [0.2, 0.25) is 0 Å². The molecule has 0 saturated carbocycles. The summed E-state index contributed by atoms with van der Waals surface area (Å²) in [6, 6.07) is 3.85. The highest BCUT2D eigenvalue weighted by atomic mass is 16.6. The van der Waals surface area contributed by atoms with Gasteiger partial charge in [0.2, 0.25) is 11.8 Å². The highest BCUT2D eigenvalue weighted by Gasteiger charge is 2.32. The van der Waals surface area contributed by atoms with Crippen LogP contribution < -0.4 is 10.6 Å². The fourth-order valence-corrected chi connectivity index (χ4v) is 2.97. The Morgan fingerprint density at radius 3 is 2.35 bits per heavy atom. The molecular formula is C23H37N3O5. The van der Waals surface area contributed by atoms with Gasteiger partial charge in [-0.05, 0) is 71.2 Å². The number of phenolic OH excluding ortho intramolecular Hbond substituents is 1. The summed E-state index contributed by atoms with van der Waals surface area (Å²) in [5.74, 6) is -0.597. The van der Waals surface area contributed by atoms with Crippen molar-refractivity contribution >= 4 is 17.9 Å². The molecule has 0 bridgehead atoms. The van der Waals surface area contributed by atoms with Gasteiger partial charge in [0.25, 0.3) is 0 Å². The average Bonchev–Trinajstić information content (AvgIpc) is 2.63. The number of amides is 3. The smallest absolute Gasteiger partial charge is 0.408 e. The topological polar surface area (TPSA) is 108 Å². The van der Waals surface area contributed by atoms with Crippen molar-refractivity contribution in [3.63, 3.8) is 0 Å². The molecule has 0 radical (unpaired) electrons. The number of carbonyl (C=O) groups is 3. The molecule has 0 aliphatic heterocycles. The second kappa shape index (κ2) is 11.6. The zero-order valence-corrected chi connectivity index (χ0v) is 19.7. The summed E-state index contributed by atoms with van der Waals surface area (Å²) in [6.07, 6.45) is 0.830. The summed E-state index contributed by atoms with van der Waals surface area (Å²) < 4.78 is 5.20. The number of alkyl carbamates (subject to hydrolysis) is 1. The standard InChI is InChI=1S/C23H37N3O5/c1-8-9-12-26(19(28)14-24-22(30)31-23(5,6)7)20(21(29)25-15(2)3)17-10-11-18(27)16(4)13-17/h10-11,13,15,20,27H,8-9,12,14H2,1-7H3,(H,24,30)(H,25,29). The van der Waals surface area contributed by atoms with E-state index in [0.29, 0.717) is 24.1 Å². The molecular weight excluding hydrogens is 398 g/mol. The SMILES string of the molecule is CCCCN(C(=O)CNC(=O)OC(C)(C)C)C(C(=O)NC(C)C)c1ccc(O)c(C)c1. The molecule has 1 aromatic rings. The van der Waals surface area contributed by atoms with Crippen LogP contribution in [0.1, 0.15) is 71.6 Å². The zero-order valence-electron chi connectivity index (χ0n) is 19.7. The number of aryl methyl sites for hydroxylation is 1. The largest absolute Gasteiger partial charge is 0.508 e. The zero-order chi connectivity index (χ0) is 23.8. The van der Waals surface area contributed by atoms with E-state index < -0.39 is 23.6 Å². The monoisotopic (exact) mass is 435 g/mol. The van der Waals surface area contributed by atoms with Gasteiger partial charge in [-0.25, -0.2) is 4.79 Å². The Kier molecular flexibility index (Phi) is 9.81. The van der Waals surface area contributed by atoms with Gasteiger partial charge in [-0.15, -0.1) is 0 Å². The van der Waals surface area contributed by atoms with Crippen LogP contribution in [0.5, 0.6) is 5.75 Å². The summed E-state index contributed by atoms with van der Waals surface area (Å²) in [5.41, 5.74) is 0.517. The third-order valence-electron chi connectivity index (χ3n) is 4.38. The molecule has 1 atom stereocenters. The Morgan fingerprint density at radius 2 is 1.84 bits per heavy atom. The summed E-state index contributed by atoms with van der Waals surface area (Å²) in [7, 11) is 0. The molecule has 1 rings (SSSR count). The van der Waals surface area contributed by atoms with Gasteiger partial charge in [-0.2, -0.15) is 0 Å². The van der Waals surface area contributed by atoms with Crippen molar-refractivity contribution in [1.82, 2.24) is 15.5 Å². The number of ether oxygens (including phenoxy) is 1. The van der Waals surface area contributed by atoms with E-state index in [1.165, 1.54) is 11.0 Å². The molecule has 0 fully saturated rings. The van der Waals surface area contributed by atoms with E-state index in [2.05, 4.69) is 10.6 Å². The predicted octanol–water partition coefficient (Wildman–Crippen LogP) is 3.42. The van der Waals surface area contributed by atoms with Crippen molar-refractivity contribution in [1.29, 1.82) is 0 Å². The van der Waals surface area contributed by atoms with Gasteiger partial charge in [0.15, 0.2) is 0 Å². The highest BCUT2D eigenvalue weighted by Crippen LogP contribution is 2.27. The lowest BCUT2D eigenvalue weighted by Crippen LogP contribution is -2.49. The number of nitrogens with one attached hydrogen (secondary N) is 2. The van der Waals surface area contributed by atoms with Crippen LogP contribution in [0.4, 0.5) is 4.79 Å². The number of nitrogens with zero attached hydrogens (tertiary/aromatic N) is 1. The van der Waals surface area contributed by atoms with Gasteiger partial charge in [0.05, 0.1) is 0 Å². The van der Waals surface area contributed by atoms with Crippen LogP contribution in [0.25, 0.3) is 0 Å². The lowest BCUT2D eigenvalue weighted by Gasteiger charge is -2.32. The first-order valence-corrected chi connectivity index (χ1v) is 10.7. The molecule has 174 valence electrons. The third kappa shape index (κ3) is 8.86. The number of rotatable bonds is 9. The number of hydrogen-bond acceptors (Lipinski definition) is 5. The van der Waals surface area contributed by atoms with E-state index in [-0.39, 0.29) is 24.2 Å². The van der Waals surface area contributed by atoms with Crippen LogP contribution in [0.15, 0.2) is 18.2 Å². The van der Waals surface area contributed by atoms with E-state index in [9.17, 15) is 19.5 Å². The normalized spacial score (nSPS) is 12.3. The van der Waals surface area contributed by atoms with Crippen LogP contribution >= 0.6 is 0 Å². The first kappa shape index (κ1) is 26.3. The van der Waals surface area contributed by atoms with E-state index in [1.807, 2.05) is 20.8 Å². The van der Waals surface area contributed by atoms with Gasteiger partial charge >= 0.3 is 6.09 Å². The lowest BCUT2D eigenvalue weighted by molar-refractivity contribution is -0.140. The number of benzene rings is 1. The van der Waals surface area contributed by atoms with Crippen LogP contribution in [-0.2, 0) is 14.3 Å². The Balaban J connectivity index is 3.20. The molecule has 1 aromatic carbocycles. The number of phenols is 1. The maximum Gasteiger partial charge on any atom is 0.408 e. The fourth-order valence-electron chi connectivity index (χ4n) is 2.97. The van der Waals surface area contributed by atoms with Crippen molar-refractivity contribution in [2.75, 3.05) is 13.1 Å². The Labute approximate surface area is 185 Å². The second-order valence-corrected chi connectivity index (χ2v) is 8.91. The van der Waals surface area contributed by atoms with Crippen LogP contribution in [-0.4, -0.2) is 52.6 Å². The molecule has 3 N–H and O–H groups in total. The Hall–Kier alpha value is -2.77. The molecule has 0 saturated heterocycles. The van der Waals surface area contributed by atoms with Gasteiger partial charge in [0, 0.05) is 12.6 Å². The van der Waals surface area contributed by atoms with Gasteiger partial charge < -0.3 is 25.4 Å². The molecule has 3 amide bonds. The number of carbonyl (C=O) groups excluding carboxylic acids is 3. The van der Waals surface area contributed by atoms with Gasteiger partial charge in [-0.1, -0.05) is 19.4 Å². The predicted molar refractivity (Wildman–Crippen MR) is 120 cm³/mol. The Bertz CT molecular complexity index is 771. The highest BCUT2D eigenvalue weighted by molar-refractivity contribution is 5.90. The van der Waals surface area contributed by atoms with Crippen molar-refractivity contribution in [3.8, 4) is 5.75 Å². The van der Waals surface area contributed by atoms with E-state index in [1.54, 1.807) is 39.8 Å². The molecule has 0 aliphatic rings. The minimum atomic E-state index is -0.888. The lowest BCUT2D eigenvalue weighted by atomic mass is 10.0. The van der Waals surface area contributed by atoms with Crippen molar-refractivity contribution < 1.29 is 24.2 Å². The van der Waals surface area contributed by atoms with Crippen molar-refractivity contribution in [3.05, 3.63) is 29.3 Å². The molecule has 0 aromatic heterocycles. The molecule has 31 heavy (non-hydrogen) atoms. The van der Waals surface area contributed by atoms with Crippen molar-refractivity contribution in [2.24, 2.45) is 0 Å². The molecule has 1 unspecified atom stereocenters. The van der Waals surface area contributed by atoms with Gasteiger partial charge in [-0.3, -0.25) is 9.59 Å². The first-order chi connectivity index (χ1) is 14.4. The number of aromatic hydroxyl groups is 1. The Morgan fingerprint density at radius 1 is 1.19 bits per heavy atom. The van der Waals surface area contributed by atoms with Crippen molar-refractivity contribution in [2.45, 2.75) is 79.0 Å². The average molecular weight is 436 g/mol. The van der Waals surface area contributed by atoms with E-state index in [4.69, 9.17) is 4.74 Å². The minimum Gasteiger partial charge on any atom is -0.508 e. The number of hydrogen-bond donors (Lipinski definition) is 3. The minimum absolute atomic E-state index is 0.115. The number of unbranched alkanes of at least 4 members (excludes halogenated alkanes) is 1. The van der Waals surface area contributed by atoms with Crippen LogP contribution in [0.3, 0.4) is 0 Å². The third-order valence-corrected chi connectivity index (χ3v) is 4.38. The second-order valence-electron chi connectivity index (χ2n) is 8.91. The maximum atomic E-state index is 13.1. The quantitative estimate of drug-likeness (QED) is 0.551. The summed E-state index contributed by atoms with van der Waals surface area (Å²) in [6.45, 7) is 12.7. The fraction of sp³-hybridized carbons (Fsp3) is 0.609. The van der Waals surface area contributed by atoms with E-state index >= 15 is 0 Å². The summed E-state index contributed by atoms with van der Waals surface area (Å²) >= 11 is 0. The summed E-state index contributed by atoms with van der Waals surface area (Å²) in [4.78, 5) is 39.7. The van der Waals surface area contributed by atoms with E-state index in [0.717, 1.165) is 6.42 Å². The maximum absolute atomic E-state index is 13.1. The van der Waals surface area contributed by atoms with Crippen LogP contribution in [0, 0.1) is 6.92 Å². The molecule has 0 aliphatic carbocycles. The summed E-state index contributed by atoms with van der Waals surface area (Å²) in [5, 5.41) is 15.2. The molecule has 8 nitrogen and oxygen atoms in total. The molecule has 0 heterocycles. The van der Waals surface area contributed by atoms with Gasteiger partial charge in [0.1, 0.15) is 23.9 Å².